The van der Waals surface area contributed by atoms with Crippen molar-refractivity contribution in [2.24, 2.45) is 7.05 Å². The summed E-state index contributed by atoms with van der Waals surface area (Å²) in [6, 6.07) is 20.5. The monoisotopic (exact) mass is 346 g/mol. The summed E-state index contributed by atoms with van der Waals surface area (Å²) in [7, 11) is 1.79. The molecule has 0 fully saturated rings. The minimum absolute atomic E-state index is 0.00200. The van der Waals surface area contributed by atoms with Crippen LogP contribution in [0.1, 0.15) is 11.1 Å². The van der Waals surface area contributed by atoms with Crippen LogP contribution in [0.3, 0.4) is 0 Å². The number of nitrogens with zero attached hydrogens (tertiary/aromatic N) is 2. The van der Waals surface area contributed by atoms with Crippen LogP contribution in [0.4, 0.5) is 0 Å². The summed E-state index contributed by atoms with van der Waals surface area (Å²) in [5, 5.41) is 3.58. The first-order valence-corrected chi connectivity index (χ1v) is 9.18. The van der Waals surface area contributed by atoms with Crippen LogP contribution in [-0.4, -0.2) is 9.55 Å². The van der Waals surface area contributed by atoms with E-state index in [9.17, 15) is 4.79 Å². The van der Waals surface area contributed by atoms with Gasteiger partial charge in [-0.15, -0.1) is 0 Å². The highest BCUT2D eigenvalue weighted by Gasteiger charge is 2.10. The third kappa shape index (κ3) is 3.05. The van der Waals surface area contributed by atoms with E-state index in [1.165, 1.54) is 11.1 Å². The van der Waals surface area contributed by atoms with Gasteiger partial charge in [-0.2, -0.15) is 0 Å². The van der Waals surface area contributed by atoms with E-state index < -0.39 is 0 Å². The maximum atomic E-state index is 12.8. The van der Waals surface area contributed by atoms with E-state index >= 15 is 0 Å². The third-order valence-corrected chi connectivity index (χ3v) is 5.49. The molecule has 25 heavy (non-hydrogen) atoms. The minimum atomic E-state index is 0.00200. The number of fused-ring (bicyclic) bond motifs is 2. The summed E-state index contributed by atoms with van der Waals surface area (Å²) in [6.07, 6.45) is 0. The van der Waals surface area contributed by atoms with Gasteiger partial charge < -0.3 is 0 Å². The van der Waals surface area contributed by atoms with E-state index in [4.69, 9.17) is 4.98 Å². The molecular formula is C21H18N2OS. The molecule has 0 aliphatic heterocycles. The Balaban J connectivity index is 1.76. The second kappa shape index (κ2) is 6.37. The first-order valence-electron chi connectivity index (χ1n) is 8.20. The smallest absolute Gasteiger partial charge is 0.261 e. The largest absolute Gasteiger partial charge is 0.290 e. The quantitative estimate of drug-likeness (QED) is 0.307. The van der Waals surface area contributed by atoms with Crippen molar-refractivity contribution < 1.29 is 0 Å². The molecule has 0 bridgehead atoms. The lowest BCUT2D eigenvalue weighted by Gasteiger charge is -2.10. The predicted molar refractivity (Wildman–Crippen MR) is 105 cm³/mol. The van der Waals surface area contributed by atoms with Crippen molar-refractivity contribution in [3.05, 3.63) is 82.1 Å². The summed E-state index contributed by atoms with van der Waals surface area (Å²) in [4.78, 5) is 17.5. The Bertz CT molecular complexity index is 1130. The summed E-state index contributed by atoms with van der Waals surface area (Å²) >= 11 is 1.59. The molecule has 0 saturated heterocycles. The molecule has 124 valence electrons. The highest BCUT2D eigenvalue weighted by atomic mass is 32.2. The number of thioether (sulfide) groups is 1. The Kier molecular flexibility index (Phi) is 4.06. The minimum Gasteiger partial charge on any atom is -0.290 e. The Morgan fingerprint density at radius 2 is 1.68 bits per heavy atom. The molecule has 0 N–H and O–H groups in total. The average molecular weight is 346 g/mol. The molecule has 4 aromatic rings. The lowest BCUT2D eigenvalue weighted by atomic mass is 10.1. The van der Waals surface area contributed by atoms with Gasteiger partial charge in [-0.05, 0) is 35.4 Å². The number of benzene rings is 3. The molecular weight excluding hydrogens is 328 g/mol. The van der Waals surface area contributed by atoms with Crippen LogP contribution in [0.2, 0.25) is 0 Å². The zero-order chi connectivity index (χ0) is 17.4. The highest BCUT2D eigenvalue weighted by Crippen LogP contribution is 2.24. The molecule has 3 aromatic carbocycles. The lowest BCUT2D eigenvalue weighted by Crippen LogP contribution is -2.20. The van der Waals surface area contributed by atoms with Crippen molar-refractivity contribution >= 4 is 33.4 Å². The maximum Gasteiger partial charge on any atom is 0.261 e. The maximum absolute atomic E-state index is 12.8. The summed E-state index contributed by atoms with van der Waals surface area (Å²) < 4.78 is 1.65. The van der Waals surface area contributed by atoms with Crippen molar-refractivity contribution in [1.29, 1.82) is 0 Å². The van der Waals surface area contributed by atoms with Gasteiger partial charge in [0.25, 0.3) is 5.56 Å². The van der Waals surface area contributed by atoms with Gasteiger partial charge in [-0.3, -0.25) is 9.36 Å². The van der Waals surface area contributed by atoms with E-state index in [2.05, 4.69) is 31.2 Å². The van der Waals surface area contributed by atoms with Crippen LogP contribution < -0.4 is 5.56 Å². The van der Waals surface area contributed by atoms with Gasteiger partial charge >= 0.3 is 0 Å². The Hall–Kier alpha value is -2.59. The SMILES string of the molecule is Cc1ccc(CSc2nc3cc4ccccc4cc3c(=O)n2C)cc1. The number of aryl methyl sites for hydroxylation is 1. The lowest BCUT2D eigenvalue weighted by molar-refractivity contribution is 0.726. The Morgan fingerprint density at radius 1 is 1.00 bits per heavy atom. The van der Waals surface area contributed by atoms with Crippen LogP contribution in [0.5, 0.6) is 0 Å². The Morgan fingerprint density at radius 3 is 2.40 bits per heavy atom. The van der Waals surface area contributed by atoms with Gasteiger partial charge in [0.05, 0.1) is 10.9 Å². The average Bonchev–Trinajstić information content (AvgIpc) is 2.63. The second-order valence-corrected chi connectivity index (χ2v) is 7.19. The van der Waals surface area contributed by atoms with Crippen LogP contribution in [0.15, 0.2) is 70.6 Å². The highest BCUT2D eigenvalue weighted by molar-refractivity contribution is 7.98. The molecule has 0 spiro atoms. The summed E-state index contributed by atoms with van der Waals surface area (Å²) in [5.41, 5.74) is 3.23. The molecule has 3 nitrogen and oxygen atoms in total. The zero-order valence-electron chi connectivity index (χ0n) is 14.2. The van der Waals surface area contributed by atoms with Crippen molar-refractivity contribution in [3.63, 3.8) is 0 Å². The molecule has 1 aromatic heterocycles. The molecule has 1 heterocycles. The van der Waals surface area contributed by atoms with Gasteiger partial charge in [0.1, 0.15) is 0 Å². The fourth-order valence-corrected chi connectivity index (χ4v) is 3.83. The summed E-state index contributed by atoms with van der Waals surface area (Å²) in [5.74, 6) is 0.791. The van der Waals surface area contributed by atoms with E-state index in [1.807, 2.05) is 36.4 Å². The topological polar surface area (TPSA) is 34.9 Å². The van der Waals surface area contributed by atoms with Crippen molar-refractivity contribution in [1.82, 2.24) is 9.55 Å². The van der Waals surface area contributed by atoms with Crippen LogP contribution >= 0.6 is 11.8 Å². The number of hydrogen-bond donors (Lipinski definition) is 0. The molecule has 0 amide bonds. The van der Waals surface area contributed by atoms with E-state index in [0.717, 1.165) is 27.2 Å². The van der Waals surface area contributed by atoms with Gasteiger partial charge in [0.15, 0.2) is 5.16 Å². The molecule has 0 radical (unpaired) electrons. The van der Waals surface area contributed by atoms with E-state index in [0.29, 0.717) is 5.39 Å². The van der Waals surface area contributed by atoms with Crippen LogP contribution in [0, 0.1) is 6.92 Å². The Labute approximate surface area is 150 Å². The van der Waals surface area contributed by atoms with Crippen molar-refractivity contribution in [3.8, 4) is 0 Å². The third-order valence-electron chi connectivity index (χ3n) is 4.39. The second-order valence-electron chi connectivity index (χ2n) is 6.25. The molecule has 0 aliphatic rings. The first kappa shape index (κ1) is 15.9. The van der Waals surface area contributed by atoms with Crippen molar-refractivity contribution in [2.45, 2.75) is 17.8 Å². The van der Waals surface area contributed by atoms with Crippen LogP contribution in [-0.2, 0) is 12.8 Å². The molecule has 0 aliphatic carbocycles. The number of aromatic nitrogens is 2. The fraction of sp³-hybridized carbons (Fsp3) is 0.143. The van der Waals surface area contributed by atoms with Gasteiger partial charge in [-0.25, -0.2) is 4.98 Å². The predicted octanol–water partition coefficient (Wildman–Crippen LogP) is 4.69. The van der Waals surface area contributed by atoms with E-state index in [-0.39, 0.29) is 5.56 Å². The van der Waals surface area contributed by atoms with Gasteiger partial charge in [0.2, 0.25) is 0 Å². The normalized spacial score (nSPS) is 11.3. The van der Waals surface area contributed by atoms with Gasteiger partial charge in [-0.1, -0.05) is 65.9 Å². The first-order chi connectivity index (χ1) is 12.1. The number of hydrogen-bond acceptors (Lipinski definition) is 3. The zero-order valence-corrected chi connectivity index (χ0v) is 15.0. The van der Waals surface area contributed by atoms with E-state index in [1.54, 1.807) is 23.4 Å². The molecule has 4 heteroatoms. The molecule has 0 atom stereocenters. The fourth-order valence-electron chi connectivity index (χ4n) is 2.90. The standard InChI is InChI=1S/C21H18N2OS/c1-14-7-9-15(10-8-14)13-25-21-22-19-12-17-6-4-3-5-16(17)11-18(19)20(24)23(21)2/h3-12H,13H2,1-2H3. The molecule has 0 saturated carbocycles. The molecule has 4 rings (SSSR count). The van der Waals surface area contributed by atoms with Crippen molar-refractivity contribution in [2.75, 3.05) is 0 Å². The van der Waals surface area contributed by atoms with Gasteiger partial charge in [0, 0.05) is 12.8 Å². The molecule has 0 unspecified atom stereocenters. The van der Waals surface area contributed by atoms with Crippen LogP contribution in [0.25, 0.3) is 21.7 Å². The summed E-state index contributed by atoms with van der Waals surface area (Å²) in [6.45, 7) is 2.08. The number of rotatable bonds is 3.